The number of alkyl carbamates (subject to hydrolysis) is 1. The summed E-state index contributed by atoms with van der Waals surface area (Å²) >= 11 is 0. The van der Waals surface area contributed by atoms with Gasteiger partial charge in [-0.3, -0.25) is 4.79 Å². The Balaban J connectivity index is 1.26. The maximum Gasteiger partial charge on any atom is 0.407 e. The summed E-state index contributed by atoms with van der Waals surface area (Å²) in [5.41, 5.74) is 3.22. The van der Waals surface area contributed by atoms with E-state index < -0.39 is 23.6 Å². The lowest BCUT2D eigenvalue weighted by molar-refractivity contribution is -0.160. The van der Waals surface area contributed by atoms with Crippen LogP contribution in [-0.4, -0.2) is 52.7 Å². The van der Waals surface area contributed by atoms with E-state index in [1.54, 1.807) is 6.92 Å². The number of hydrogen-bond donors (Lipinski definition) is 2. The van der Waals surface area contributed by atoms with Crippen LogP contribution in [0.5, 0.6) is 0 Å². The number of rotatable bonds is 6. The summed E-state index contributed by atoms with van der Waals surface area (Å²) in [6.07, 6.45) is 0.607. The van der Waals surface area contributed by atoms with Gasteiger partial charge in [0.2, 0.25) is 5.91 Å². The van der Waals surface area contributed by atoms with E-state index in [2.05, 4.69) is 17.4 Å². The van der Waals surface area contributed by atoms with Crippen LogP contribution in [0.1, 0.15) is 50.2 Å². The average molecular weight is 449 g/mol. The Morgan fingerprint density at radius 2 is 1.67 bits per heavy atom. The van der Waals surface area contributed by atoms with E-state index in [1.807, 2.05) is 43.3 Å². The highest BCUT2D eigenvalue weighted by atomic mass is 16.5. The topological polar surface area (TPSA) is 95.9 Å². The third-order valence-corrected chi connectivity index (χ3v) is 7.50. The maximum atomic E-state index is 13.2. The van der Waals surface area contributed by atoms with Crippen LogP contribution in [0.4, 0.5) is 4.79 Å². The van der Waals surface area contributed by atoms with Crippen molar-refractivity contribution < 1.29 is 24.2 Å². The molecule has 7 heteroatoms. The van der Waals surface area contributed by atoms with Crippen molar-refractivity contribution in [2.45, 2.75) is 50.6 Å². The zero-order chi connectivity index (χ0) is 23.4. The Morgan fingerprint density at radius 1 is 1.09 bits per heavy atom. The normalized spacial score (nSPS) is 25.6. The van der Waals surface area contributed by atoms with Crippen LogP contribution in [0.15, 0.2) is 48.5 Å². The third kappa shape index (κ3) is 3.29. The van der Waals surface area contributed by atoms with Crippen molar-refractivity contribution in [3.8, 4) is 11.1 Å². The number of carboxylic acid groups (broad SMARTS) is 1. The van der Waals surface area contributed by atoms with Crippen molar-refractivity contribution >= 4 is 18.0 Å². The third-order valence-electron chi connectivity index (χ3n) is 7.50. The SMILES string of the molecule is CC[C@@H](NC(=O)OCC1c2ccccc2-c2ccccc21)C(=O)N1CC2(C)CC1(C(=O)O)C2. The number of amides is 2. The van der Waals surface area contributed by atoms with E-state index in [4.69, 9.17) is 4.74 Å². The summed E-state index contributed by atoms with van der Waals surface area (Å²) < 4.78 is 5.58. The standard InChI is InChI=1S/C26H28N2O5/c1-3-21(22(29)28-15-25(2)13-26(28,14-25)23(30)31)27-24(32)33-12-20-18-10-6-4-8-16(18)17-9-5-7-11-19(17)20/h4-11,20-21H,3,12-15H2,1-2H3,(H,27,32)(H,30,31)/t21-,25?,26?/m1/s1. The molecule has 0 radical (unpaired) electrons. The molecule has 2 aromatic carbocycles. The fourth-order valence-electron chi connectivity index (χ4n) is 6.06. The van der Waals surface area contributed by atoms with Gasteiger partial charge in [0.05, 0.1) is 0 Å². The molecule has 1 saturated carbocycles. The molecule has 172 valence electrons. The first kappa shape index (κ1) is 21.5. The highest BCUT2D eigenvalue weighted by Gasteiger charge is 2.69. The van der Waals surface area contributed by atoms with Crippen LogP contribution in [0.25, 0.3) is 11.1 Å². The molecule has 3 fully saturated rings. The fraction of sp³-hybridized carbons (Fsp3) is 0.423. The molecule has 0 aromatic heterocycles. The van der Waals surface area contributed by atoms with Crippen LogP contribution in [0.3, 0.4) is 0 Å². The van der Waals surface area contributed by atoms with Crippen LogP contribution < -0.4 is 5.32 Å². The van der Waals surface area contributed by atoms with Gasteiger partial charge in [-0.1, -0.05) is 62.4 Å². The van der Waals surface area contributed by atoms with Crippen LogP contribution in [-0.2, 0) is 14.3 Å². The van der Waals surface area contributed by atoms with E-state index in [0.29, 0.717) is 25.8 Å². The van der Waals surface area contributed by atoms with Gasteiger partial charge in [0.25, 0.3) is 0 Å². The Morgan fingerprint density at radius 3 is 2.21 bits per heavy atom. The minimum absolute atomic E-state index is 0.0695. The Kier molecular flexibility index (Phi) is 4.96. The van der Waals surface area contributed by atoms with Gasteiger partial charge in [-0.25, -0.2) is 9.59 Å². The predicted molar refractivity (Wildman–Crippen MR) is 122 cm³/mol. The van der Waals surface area contributed by atoms with E-state index >= 15 is 0 Å². The summed E-state index contributed by atoms with van der Waals surface area (Å²) in [5.74, 6) is -1.39. The first-order valence-corrected chi connectivity index (χ1v) is 11.4. The highest BCUT2D eigenvalue weighted by Crippen LogP contribution is 2.59. The Hall–Kier alpha value is -3.35. The summed E-state index contributed by atoms with van der Waals surface area (Å²) in [4.78, 5) is 39.2. The first-order chi connectivity index (χ1) is 15.8. The molecule has 7 nitrogen and oxygen atoms in total. The number of ether oxygens (including phenoxy) is 1. The predicted octanol–water partition coefficient (Wildman–Crippen LogP) is 3.77. The fourth-order valence-corrected chi connectivity index (χ4v) is 6.06. The van der Waals surface area contributed by atoms with E-state index in [0.717, 1.165) is 22.3 Å². The molecule has 2 aromatic rings. The van der Waals surface area contributed by atoms with Gasteiger partial charge in [-0.05, 0) is 46.9 Å². The highest BCUT2D eigenvalue weighted by molar-refractivity contribution is 5.93. The molecule has 2 aliphatic carbocycles. The maximum absolute atomic E-state index is 13.2. The average Bonchev–Trinajstić information content (AvgIpc) is 3.39. The van der Waals surface area contributed by atoms with Crippen molar-refractivity contribution in [3.05, 3.63) is 59.7 Å². The molecule has 33 heavy (non-hydrogen) atoms. The lowest BCUT2D eigenvalue weighted by atomic mass is 9.63. The molecule has 2 aliphatic heterocycles. The molecule has 1 atom stereocenters. The van der Waals surface area contributed by atoms with Gasteiger partial charge in [-0.15, -0.1) is 0 Å². The van der Waals surface area contributed by atoms with Gasteiger partial charge < -0.3 is 20.1 Å². The number of carbonyl (C=O) groups is 3. The quantitative estimate of drug-likeness (QED) is 0.701. The number of carbonyl (C=O) groups excluding carboxylic acids is 2. The smallest absolute Gasteiger partial charge is 0.407 e. The minimum atomic E-state index is -1.14. The second-order valence-electron chi connectivity index (χ2n) is 9.86. The molecule has 2 heterocycles. The molecule has 2 saturated heterocycles. The molecule has 2 N–H and O–H groups in total. The Bertz CT molecular complexity index is 1090. The number of nitrogens with one attached hydrogen (secondary N) is 1. The van der Waals surface area contributed by atoms with Crippen LogP contribution >= 0.6 is 0 Å². The molecule has 0 unspecified atom stereocenters. The van der Waals surface area contributed by atoms with Crippen LogP contribution in [0, 0.1) is 5.41 Å². The number of benzene rings is 2. The van der Waals surface area contributed by atoms with Crippen molar-refractivity contribution in [1.82, 2.24) is 10.2 Å². The molecule has 2 amide bonds. The first-order valence-electron chi connectivity index (χ1n) is 11.4. The van der Waals surface area contributed by atoms with Gasteiger partial charge in [0.15, 0.2) is 0 Å². The van der Waals surface area contributed by atoms with E-state index in [-0.39, 0.29) is 23.8 Å². The molecular weight excluding hydrogens is 420 g/mol. The summed E-state index contributed by atoms with van der Waals surface area (Å²) in [6, 6.07) is 15.4. The molecule has 0 spiro atoms. The van der Waals surface area contributed by atoms with Gasteiger partial charge in [-0.2, -0.15) is 0 Å². The number of aliphatic carboxylic acids is 1. The summed E-state index contributed by atoms with van der Waals surface area (Å²) in [7, 11) is 0. The molecule has 2 bridgehead atoms. The zero-order valence-corrected chi connectivity index (χ0v) is 18.8. The van der Waals surface area contributed by atoms with E-state index in [9.17, 15) is 19.5 Å². The van der Waals surface area contributed by atoms with Crippen molar-refractivity contribution in [1.29, 1.82) is 0 Å². The number of carboxylic acids is 1. The molecule has 4 aliphatic rings. The molecule has 6 rings (SSSR count). The second kappa shape index (κ2) is 7.61. The lowest BCUT2D eigenvalue weighted by Crippen LogP contribution is -2.59. The Labute approximate surface area is 192 Å². The van der Waals surface area contributed by atoms with Gasteiger partial charge in [0, 0.05) is 12.5 Å². The van der Waals surface area contributed by atoms with Crippen molar-refractivity contribution in [2.24, 2.45) is 5.41 Å². The second-order valence-corrected chi connectivity index (χ2v) is 9.86. The van der Waals surface area contributed by atoms with Crippen LogP contribution in [0.2, 0.25) is 0 Å². The lowest BCUT2D eigenvalue weighted by Gasteiger charge is -2.43. The number of fused-ring (bicyclic) bond motifs is 4. The zero-order valence-electron chi connectivity index (χ0n) is 18.8. The summed E-state index contributed by atoms with van der Waals surface area (Å²) in [5, 5.41) is 12.4. The van der Waals surface area contributed by atoms with E-state index in [1.165, 1.54) is 4.90 Å². The number of nitrogens with zero attached hydrogens (tertiary/aromatic N) is 1. The van der Waals surface area contributed by atoms with Gasteiger partial charge >= 0.3 is 12.1 Å². The number of hydrogen-bond acceptors (Lipinski definition) is 4. The van der Waals surface area contributed by atoms with Crippen molar-refractivity contribution in [2.75, 3.05) is 13.2 Å². The van der Waals surface area contributed by atoms with Gasteiger partial charge in [0.1, 0.15) is 18.2 Å². The minimum Gasteiger partial charge on any atom is -0.479 e. The summed E-state index contributed by atoms with van der Waals surface area (Å²) in [6.45, 7) is 4.36. The largest absolute Gasteiger partial charge is 0.479 e. The monoisotopic (exact) mass is 448 g/mol. The molecular formula is C26H28N2O5. The van der Waals surface area contributed by atoms with Crippen molar-refractivity contribution in [3.63, 3.8) is 0 Å².